The molecule has 0 saturated carbocycles. The van der Waals surface area contributed by atoms with Crippen molar-refractivity contribution in [2.24, 2.45) is 0 Å². The number of aromatic carboxylic acids is 1. The summed E-state index contributed by atoms with van der Waals surface area (Å²) in [5, 5.41) is 8.69. The van der Waals surface area contributed by atoms with E-state index in [2.05, 4.69) is 4.74 Å². The number of ether oxygens (including phenoxy) is 1. The van der Waals surface area contributed by atoms with Crippen LogP contribution in [0.5, 0.6) is 5.75 Å². The molecule has 4 nitrogen and oxygen atoms in total. The van der Waals surface area contributed by atoms with E-state index < -0.39 is 11.9 Å². The molecule has 1 rings (SSSR count). The van der Waals surface area contributed by atoms with Gasteiger partial charge in [-0.1, -0.05) is 12.1 Å². The van der Waals surface area contributed by atoms with Gasteiger partial charge in [-0.3, -0.25) is 4.79 Å². The number of para-hydroxylation sites is 1. The molecule has 0 spiro atoms. The molecule has 0 aromatic heterocycles. The summed E-state index contributed by atoms with van der Waals surface area (Å²) < 4.78 is 4.69. The standard InChI is InChI=1S/C9H8O4.K.2Na.3H/c1-6(10)13-8-5-3-2-4-7(8)9(11)12;;;;;;/h2-5H,1H3,(H,11,12);;;;;;. The number of hydrogen-bond donors (Lipinski definition) is 1. The quantitative estimate of drug-likeness (QED) is 0.440. The Morgan fingerprint density at radius 3 is 2.12 bits per heavy atom. The monoisotopic (exact) mass is 268 g/mol. The number of carbonyl (C=O) groups excluding carboxylic acids is 1. The van der Waals surface area contributed by atoms with Crippen LogP contribution in [-0.2, 0) is 4.79 Å². The predicted octanol–water partition coefficient (Wildman–Crippen LogP) is -0.635. The second-order valence-corrected chi connectivity index (χ2v) is 2.39. The molecule has 1 aromatic rings. The second kappa shape index (κ2) is 11.9. The summed E-state index contributed by atoms with van der Waals surface area (Å²) in [6, 6.07) is 5.98. The van der Waals surface area contributed by atoms with Crippen LogP contribution in [0.15, 0.2) is 24.3 Å². The van der Waals surface area contributed by atoms with Crippen molar-refractivity contribution in [3.8, 4) is 5.75 Å². The molecule has 0 unspecified atom stereocenters. The predicted molar refractivity (Wildman–Crippen MR) is 66.2 cm³/mol. The minimum absolute atomic E-state index is 0. The third-order valence-corrected chi connectivity index (χ3v) is 1.37. The van der Waals surface area contributed by atoms with Crippen LogP contribution in [0, 0.1) is 0 Å². The zero-order valence-electron chi connectivity index (χ0n) is 6.98. The molecule has 0 radical (unpaired) electrons. The van der Waals surface area contributed by atoms with Gasteiger partial charge in [-0.15, -0.1) is 0 Å². The topological polar surface area (TPSA) is 63.6 Å². The van der Waals surface area contributed by atoms with Crippen molar-refractivity contribution in [2.45, 2.75) is 6.92 Å². The Bertz CT molecular complexity index is 357. The molecule has 0 fully saturated rings. The SMILES string of the molecule is CC(=O)Oc1ccccc1C(=O)O.[KH].[NaH].[NaH]. The molecule has 16 heavy (non-hydrogen) atoms. The van der Waals surface area contributed by atoms with Crippen molar-refractivity contribution in [1.82, 2.24) is 0 Å². The summed E-state index contributed by atoms with van der Waals surface area (Å²) in [6.07, 6.45) is 0. The number of carboxylic acids is 1. The number of hydrogen-bond acceptors (Lipinski definition) is 3. The number of benzene rings is 1. The first-order chi connectivity index (χ1) is 6.11. The van der Waals surface area contributed by atoms with Crippen LogP contribution in [0.4, 0.5) is 0 Å². The molecule has 0 aliphatic carbocycles. The van der Waals surface area contributed by atoms with Crippen LogP contribution in [0.3, 0.4) is 0 Å². The molecule has 74 valence electrons. The Morgan fingerprint density at radius 2 is 1.69 bits per heavy atom. The average molecular weight is 268 g/mol. The maximum atomic E-state index is 10.6. The normalized spacial score (nSPS) is 7.56. The van der Waals surface area contributed by atoms with E-state index in [1.165, 1.54) is 19.1 Å². The van der Waals surface area contributed by atoms with E-state index in [4.69, 9.17) is 5.11 Å². The van der Waals surface area contributed by atoms with Gasteiger partial charge in [-0.05, 0) is 12.1 Å². The Kier molecular flexibility index (Phi) is 17.0. The third-order valence-electron chi connectivity index (χ3n) is 1.37. The molecule has 1 N–H and O–H groups in total. The van der Waals surface area contributed by atoms with Gasteiger partial charge in [-0.2, -0.15) is 0 Å². The van der Waals surface area contributed by atoms with Gasteiger partial charge < -0.3 is 9.84 Å². The maximum absolute atomic E-state index is 10.6. The van der Waals surface area contributed by atoms with Crippen LogP contribution < -0.4 is 4.74 Å². The summed E-state index contributed by atoms with van der Waals surface area (Å²) in [6.45, 7) is 1.22. The van der Waals surface area contributed by atoms with Crippen molar-refractivity contribution in [2.75, 3.05) is 0 Å². The molecule has 0 saturated heterocycles. The summed E-state index contributed by atoms with van der Waals surface area (Å²) in [4.78, 5) is 21.2. The molecular weight excluding hydrogens is 257 g/mol. The average Bonchev–Trinajstić information content (AvgIpc) is 2.03. The van der Waals surface area contributed by atoms with Gasteiger partial charge >= 0.3 is 122 Å². The molecule has 0 amide bonds. The van der Waals surface area contributed by atoms with E-state index in [1.54, 1.807) is 12.1 Å². The Labute approximate surface area is 181 Å². The Balaban J connectivity index is -0.000000563. The van der Waals surface area contributed by atoms with Gasteiger partial charge in [0.1, 0.15) is 11.3 Å². The van der Waals surface area contributed by atoms with Gasteiger partial charge in [0.25, 0.3) is 0 Å². The van der Waals surface area contributed by atoms with Crippen LogP contribution in [0.25, 0.3) is 0 Å². The van der Waals surface area contributed by atoms with Crippen LogP contribution >= 0.6 is 0 Å². The van der Waals surface area contributed by atoms with Crippen LogP contribution in [0.1, 0.15) is 17.3 Å². The zero-order chi connectivity index (χ0) is 9.84. The molecular formula is C9H11KNa2O4. The molecule has 7 heteroatoms. The molecule has 0 bridgehead atoms. The van der Waals surface area contributed by atoms with Crippen LogP contribution in [0.2, 0.25) is 0 Å². The van der Waals surface area contributed by atoms with E-state index in [0.717, 1.165) is 0 Å². The number of carboxylic acid groups (broad SMARTS) is 1. The van der Waals surface area contributed by atoms with E-state index in [0.29, 0.717) is 0 Å². The van der Waals surface area contributed by atoms with Gasteiger partial charge in [0.15, 0.2) is 0 Å². The summed E-state index contributed by atoms with van der Waals surface area (Å²) in [5.41, 5.74) is -0.0160. The van der Waals surface area contributed by atoms with Gasteiger partial charge in [0, 0.05) is 6.92 Å². The van der Waals surface area contributed by atoms with Crippen molar-refractivity contribution in [3.63, 3.8) is 0 Å². The second-order valence-electron chi connectivity index (χ2n) is 2.39. The van der Waals surface area contributed by atoms with Crippen molar-refractivity contribution < 1.29 is 19.4 Å². The number of carbonyl (C=O) groups is 2. The Hall–Kier alpha value is 1.80. The van der Waals surface area contributed by atoms with Crippen molar-refractivity contribution in [3.05, 3.63) is 29.8 Å². The molecule has 0 aliphatic rings. The van der Waals surface area contributed by atoms with E-state index >= 15 is 0 Å². The first kappa shape index (κ1) is 22.9. The third kappa shape index (κ3) is 8.00. The van der Waals surface area contributed by atoms with Gasteiger partial charge in [0.2, 0.25) is 0 Å². The molecule has 1 aromatic carbocycles. The molecule has 0 aliphatic heterocycles. The minimum atomic E-state index is -1.11. The fourth-order valence-electron chi connectivity index (χ4n) is 0.887. The van der Waals surface area contributed by atoms with E-state index in [-0.39, 0.29) is 122 Å². The molecule has 0 heterocycles. The molecule has 0 atom stereocenters. The van der Waals surface area contributed by atoms with Gasteiger partial charge in [0.05, 0.1) is 0 Å². The summed E-state index contributed by atoms with van der Waals surface area (Å²) >= 11 is 0. The fourth-order valence-corrected chi connectivity index (χ4v) is 0.887. The summed E-state index contributed by atoms with van der Waals surface area (Å²) in [7, 11) is 0. The summed E-state index contributed by atoms with van der Waals surface area (Å²) in [5.74, 6) is -1.58. The van der Waals surface area contributed by atoms with E-state index in [9.17, 15) is 9.59 Å². The van der Waals surface area contributed by atoms with Crippen LogP contribution in [-0.4, -0.2) is 128 Å². The number of rotatable bonds is 2. The van der Waals surface area contributed by atoms with Crippen molar-refractivity contribution in [1.29, 1.82) is 0 Å². The first-order valence-corrected chi connectivity index (χ1v) is 3.62. The van der Waals surface area contributed by atoms with Crippen molar-refractivity contribution >= 4 is 122 Å². The number of esters is 1. The Morgan fingerprint density at radius 1 is 1.19 bits per heavy atom. The zero-order valence-corrected chi connectivity index (χ0v) is 6.98. The first-order valence-electron chi connectivity index (χ1n) is 3.62. The fraction of sp³-hybridized carbons (Fsp3) is 0.111. The van der Waals surface area contributed by atoms with Gasteiger partial charge in [-0.25, -0.2) is 4.79 Å². The van der Waals surface area contributed by atoms with E-state index in [1.807, 2.05) is 0 Å².